The average Bonchev–Trinajstić information content (AvgIpc) is 2.77. The van der Waals surface area contributed by atoms with Crippen LogP contribution in [-0.2, 0) is 12.8 Å². The maximum absolute atomic E-state index is 5.95. The van der Waals surface area contributed by atoms with E-state index in [9.17, 15) is 0 Å². The molecule has 102 valence electrons. The van der Waals surface area contributed by atoms with E-state index in [1.165, 1.54) is 11.3 Å². The molecule has 0 amide bonds. The summed E-state index contributed by atoms with van der Waals surface area (Å²) < 4.78 is 3.26. The quantitative estimate of drug-likeness (QED) is 0.916. The number of benzene rings is 1. The van der Waals surface area contributed by atoms with Crippen LogP contribution in [0.5, 0.6) is 0 Å². The number of hydrogen-bond donors (Lipinski definition) is 1. The van der Waals surface area contributed by atoms with E-state index in [1.807, 2.05) is 19.3 Å². The molecule has 2 N–H and O–H groups in total. The zero-order valence-corrected chi connectivity index (χ0v) is 13.0. The molecule has 19 heavy (non-hydrogen) atoms. The van der Waals surface area contributed by atoms with E-state index in [0.29, 0.717) is 0 Å². The van der Waals surface area contributed by atoms with Crippen LogP contribution in [0.2, 0.25) is 0 Å². The fraction of sp³-hybridized carbons (Fsp3) is 0.400. The van der Waals surface area contributed by atoms with Gasteiger partial charge in [0.05, 0.1) is 5.69 Å². The van der Waals surface area contributed by atoms with Crippen molar-refractivity contribution < 1.29 is 0 Å². The molecule has 1 aromatic heterocycles. The van der Waals surface area contributed by atoms with Crippen LogP contribution in [0.4, 0.5) is 0 Å². The van der Waals surface area contributed by atoms with Crippen molar-refractivity contribution in [3.05, 3.63) is 46.5 Å². The van der Waals surface area contributed by atoms with Gasteiger partial charge in [0, 0.05) is 29.3 Å². The van der Waals surface area contributed by atoms with Gasteiger partial charge in [-0.15, -0.1) is 0 Å². The SMILES string of the molecule is CCCc1nccn1-c1ccc(Br)cc1CC(C)N. The highest BCUT2D eigenvalue weighted by molar-refractivity contribution is 9.10. The van der Waals surface area contributed by atoms with E-state index in [-0.39, 0.29) is 6.04 Å². The van der Waals surface area contributed by atoms with Gasteiger partial charge in [-0.25, -0.2) is 4.98 Å². The second-order valence-electron chi connectivity index (χ2n) is 4.92. The number of hydrogen-bond acceptors (Lipinski definition) is 2. The molecule has 0 radical (unpaired) electrons. The summed E-state index contributed by atoms with van der Waals surface area (Å²) in [5, 5.41) is 0. The van der Waals surface area contributed by atoms with E-state index >= 15 is 0 Å². The summed E-state index contributed by atoms with van der Waals surface area (Å²) in [6.45, 7) is 4.20. The first-order valence-electron chi connectivity index (χ1n) is 6.68. The molecule has 0 spiro atoms. The fourth-order valence-electron chi connectivity index (χ4n) is 2.26. The third-order valence-corrected chi connectivity index (χ3v) is 3.53. The Morgan fingerprint density at radius 2 is 2.21 bits per heavy atom. The van der Waals surface area contributed by atoms with Gasteiger partial charge in [-0.1, -0.05) is 22.9 Å². The number of nitrogens with two attached hydrogens (primary N) is 1. The molecule has 2 rings (SSSR count). The first-order chi connectivity index (χ1) is 9.11. The van der Waals surface area contributed by atoms with E-state index in [2.05, 4.69) is 50.6 Å². The molecule has 0 saturated heterocycles. The van der Waals surface area contributed by atoms with Crippen molar-refractivity contribution in [2.45, 2.75) is 39.2 Å². The van der Waals surface area contributed by atoms with Crippen molar-refractivity contribution in [3.63, 3.8) is 0 Å². The predicted molar refractivity (Wildman–Crippen MR) is 82.6 cm³/mol. The summed E-state index contributed by atoms with van der Waals surface area (Å²) in [4.78, 5) is 4.44. The molecule has 4 heteroatoms. The molecule has 0 bridgehead atoms. The van der Waals surface area contributed by atoms with Gasteiger partial charge < -0.3 is 10.3 Å². The number of halogens is 1. The Balaban J connectivity index is 2.45. The average molecular weight is 322 g/mol. The number of aromatic nitrogens is 2. The highest BCUT2D eigenvalue weighted by Gasteiger charge is 2.10. The van der Waals surface area contributed by atoms with Crippen LogP contribution in [0.15, 0.2) is 35.1 Å². The molecule has 2 aromatic rings. The highest BCUT2D eigenvalue weighted by Crippen LogP contribution is 2.23. The van der Waals surface area contributed by atoms with Gasteiger partial charge in [-0.2, -0.15) is 0 Å². The molecule has 0 aliphatic heterocycles. The zero-order chi connectivity index (χ0) is 13.8. The lowest BCUT2D eigenvalue weighted by atomic mass is 10.1. The first kappa shape index (κ1) is 14.3. The first-order valence-corrected chi connectivity index (χ1v) is 7.47. The van der Waals surface area contributed by atoms with Crippen molar-refractivity contribution >= 4 is 15.9 Å². The fourth-order valence-corrected chi connectivity index (χ4v) is 2.67. The third kappa shape index (κ3) is 3.45. The van der Waals surface area contributed by atoms with Crippen LogP contribution < -0.4 is 5.73 Å². The van der Waals surface area contributed by atoms with Gasteiger partial charge in [-0.05, 0) is 43.5 Å². The Morgan fingerprint density at radius 1 is 1.42 bits per heavy atom. The van der Waals surface area contributed by atoms with E-state index in [4.69, 9.17) is 5.73 Å². The molecule has 1 unspecified atom stereocenters. The van der Waals surface area contributed by atoms with Gasteiger partial charge in [0.25, 0.3) is 0 Å². The largest absolute Gasteiger partial charge is 0.328 e. The summed E-state index contributed by atoms with van der Waals surface area (Å²) in [6, 6.07) is 6.48. The molecule has 0 saturated carbocycles. The second kappa shape index (κ2) is 6.35. The Labute approximate surface area is 123 Å². The van der Waals surface area contributed by atoms with Gasteiger partial charge in [0.2, 0.25) is 0 Å². The molecule has 0 fully saturated rings. The van der Waals surface area contributed by atoms with Crippen molar-refractivity contribution in [1.82, 2.24) is 9.55 Å². The van der Waals surface area contributed by atoms with E-state index in [0.717, 1.165) is 29.6 Å². The molecular weight excluding hydrogens is 302 g/mol. The van der Waals surface area contributed by atoms with E-state index in [1.54, 1.807) is 0 Å². The van der Waals surface area contributed by atoms with Crippen LogP contribution in [-0.4, -0.2) is 15.6 Å². The molecule has 0 aliphatic rings. The minimum Gasteiger partial charge on any atom is -0.328 e. The van der Waals surface area contributed by atoms with E-state index < -0.39 is 0 Å². The van der Waals surface area contributed by atoms with Crippen LogP contribution in [0.1, 0.15) is 31.7 Å². The van der Waals surface area contributed by atoms with Crippen LogP contribution in [0, 0.1) is 0 Å². The van der Waals surface area contributed by atoms with Crippen LogP contribution in [0.25, 0.3) is 5.69 Å². The molecule has 1 atom stereocenters. The zero-order valence-electron chi connectivity index (χ0n) is 11.4. The van der Waals surface area contributed by atoms with Crippen LogP contribution >= 0.6 is 15.9 Å². The second-order valence-corrected chi connectivity index (χ2v) is 5.83. The Bertz CT molecular complexity index is 546. The Morgan fingerprint density at radius 3 is 2.89 bits per heavy atom. The molecule has 3 nitrogen and oxygen atoms in total. The predicted octanol–water partition coefficient (Wildman–Crippen LogP) is 3.48. The topological polar surface area (TPSA) is 43.8 Å². The number of aryl methyl sites for hydroxylation is 1. The lowest BCUT2D eigenvalue weighted by Crippen LogP contribution is -2.19. The summed E-state index contributed by atoms with van der Waals surface area (Å²) in [7, 11) is 0. The lowest BCUT2D eigenvalue weighted by Gasteiger charge is -2.15. The van der Waals surface area contributed by atoms with Gasteiger partial charge >= 0.3 is 0 Å². The van der Waals surface area contributed by atoms with Crippen molar-refractivity contribution in [2.75, 3.05) is 0 Å². The summed E-state index contributed by atoms with van der Waals surface area (Å²) in [5.41, 5.74) is 8.38. The van der Waals surface area contributed by atoms with Gasteiger partial charge in [0.15, 0.2) is 0 Å². The molecule has 1 heterocycles. The van der Waals surface area contributed by atoms with Gasteiger partial charge in [-0.3, -0.25) is 0 Å². The maximum Gasteiger partial charge on any atom is 0.113 e. The molecule has 1 aromatic carbocycles. The van der Waals surface area contributed by atoms with Crippen molar-refractivity contribution in [3.8, 4) is 5.69 Å². The number of imidazole rings is 1. The van der Waals surface area contributed by atoms with Crippen molar-refractivity contribution in [1.29, 1.82) is 0 Å². The summed E-state index contributed by atoms with van der Waals surface area (Å²) in [6.07, 6.45) is 6.83. The highest BCUT2D eigenvalue weighted by atomic mass is 79.9. The summed E-state index contributed by atoms with van der Waals surface area (Å²) >= 11 is 3.53. The normalized spacial score (nSPS) is 12.6. The molecule has 0 aliphatic carbocycles. The van der Waals surface area contributed by atoms with Gasteiger partial charge in [0.1, 0.15) is 5.82 Å². The Kier molecular flexibility index (Phi) is 4.77. The standard InChI is InChI=1S/C15H20BrN3/c1-3-4-15-18-7-8-19(15)14-6-5-13(16)10-12(14)9-11(2)17/h5-8,10-11H,3-4,9,17H2,1-2H3. The summed E-state index contributed by atoms with van der Waals surface area (Å²) in [5.74, 6) is 1.11. The smallest absolute Gasteiger partial charge is 0.113 e. The lowest BCUT2D eigenvalue weighted by molar-refractivity contribution is 0.728. The number of rotatable bonds is 5. The number of nitrogens with zero attached hydrogens (tertiary/aromatic N) is 2. The van der Waals surface area contributed by atoms with Crippen LogP contribution in [0.3, 0.4) is 0 Å². The maximum atomic E-state index is 5.95. The Hall–Kier alpha value is -1.13. The molecular formula is C15H20BrN3. The monoisotopic (exact) mass is 321 g/mol. The minimum absolute atomic E-state index is 0.145. The minimum atomic E-state index is 0.145. The third-order valence-electron chi connectivity index (χ3n) is 3.03. The van der Waals surface area contributed by atoms with Crippen molar-refractivity contribution in [2.24, 2.45) is 5.73 Å².